The Morgan fingerprint density at radius 1 is 0.298 bits per heavy atom. The average molecular weight is 598 g/mol. The van der Waals surface area contributed by atoms with E-state index in [0.717, 1.165) is 0 Å². The van der Waals surface area contributed by atoms with Crippen LogP contribution in [-0.2, 0) is 0 Å². The fourth-order valence-electron chi connectivity index (χ4n) is 8.23. The van der Waals surface area contributed by atoms with Crippen molar-refractivity contribution < 1.29 is 0 Å². The summed E-state index contributed by atoms with van der Waals surface area (Å²) in [5.74, 6) is 0. The van der Waals surface area contributed by atoms with Crippen molar-refractivity contribution in [3.8, 4) is 22.5 Å². The van der Waals surface area contributed by atoms with Crippen LogP contribution in [0.15, 0.2) is 164 Å². The minimum Gasteiger partial charge on any atom is -0.309 e. The molecule has 218 valence electrons. The normalized spacial score (nSPS) is 12.3. The van der Waals surface area contributed by atoms with Gasteiger partial charge in [-0.2, -0.15) is 0 Å². The minimum atomic E-state index is 1.17. The van der Waals surface area contributed by atoms with Gasteiger partial charge in [-0.1, -0.05) is 97.1 Å². The molecule has 11 rings (SSSR count). The molecule has 5 aromatic heterocycles. The molecule has 6 aromatic carbocycles. The third kappa shape index (κ3) is 3.25. The monoisotopic (exact) mass is 597 g/mol. The Bertz CT molecular complexity index is 2990. The van der Waals surface area contributed by atoms with Gasteiger partial charge < -0.3 is 13.5 Å². The number of benzene rings is 6. The van der Waals surface area contributed by atoms with E-state index in [9.17, 15) is 0 Å². The summed E-state index contributed by atoms with van der Waals surface area (Å²) in [6.45, 7) is 0. The molecule has 0 amide bonds. The first-order valence-electron chi connectivity index (χ1n) is 16.2. The van der Waals surface area contributed by atoms with Crippen molar-refractivity contribution in [2.24, 2.45) is 0 Å². The molecule has 0 radical (unpaired) electrons. The summed E-state index contributed by atoms with van der Waals surface area (Å²) in [5, 5.41) is 7.69. The van der Waals surface area contributed by atoms with Gasteiger partial charge in [0, 0.05) is 43.7 Å². The number of pyridine rings is 1. The zero-order valence-corrected chi connectivity index (χ0v) is 25.4. The lowest BCUT2D eigenvalue weighted by Gasteiger charge is -2.10. The Labute approximate surface area is 270 Å². The summed E-state index contributed by atoms with van der Waals surface area (Å²) in [5.41, 5.74) is 13.5. The zero-order valence-electron chi connectivity index (χ0n) is 25.4. The van der Waals surface area contributed by atoms with Crippen molar-refractivity contribution in [3.63, 3.8) is 0 Å². The molecule has 0 fully saturated rings. The van der Waals surface area contributed by atoms with Crippen LogP contribution in [0.3, 0.4) is 0 Å². The quantitative estimate of drug-likeness (QED) is 0.192. The number of nitrogens with zero attached hydrogens (tertiary/aromatic N) is 3. The second-order valence-electron chi connectivity index (χ2n) is 12.6. The van der Waals surface area contributed by atoms with Crippen molar-refractivity contribution >= 4 is 70.9 Å². The van der Waals surface area contributed by atoms with Crippen molar-refractivity contribution in [1.82, 2.24) is 13.5 Å². The molecule has 5 heterocycles. The molecule has 0 bridgehead atoms. The maximum atomic E-state index is 2.48. The average Bonchev–Trinajstić information content (AvgIpc) is 3.86. The molecule has 3 nitrogen and oxygen atoms in total. The Morgan fingerprint density at radius 2 is 0.809 bits per heavy atom. The SMILES string of the molecule is c1ccc(-n2c3ccccc3c3cc(-c4ccc5c(c4)c4c(c6c7ccccc7c7cccc4n76)n5-c4ccccc4)ccc32)cc1. The number of fused-ring (bicyclic) bond motifs is 11. The first kappa shape index (κ1) is 24.9. The van der Waals surface area contributed by atoms with Crippen molar-refractivity contribution in [2.45, 2.75) is 0 Å². The van der Waals surface area contributed by atoms with Gasteiger partial charge in [0.1, 0.15) is 0 Å². The van der Waals surface area contributed by atoms with Gasteiger partial charge in [0.2, 0.25) is 0 Å². The van der Waals surface area contributed by atoms with Crippen LogP contribution in [-0.4, -0.2) is 13.5 Å². The molecule has 0 N–H and O–H groups in total. The second-order valence-corrected chi connectivity index (χ2v) is 12.6. The first-order chi connectivity index (χ1) is 23.3. The van der Waals surface area contributed by atoms with E-state index in [1.165, 1.54) is 93.4 Å². The van der Waals surface area contributed by atoms with E-state index in [2.05, 4.69) is 177 Å². The van der Waals surface area contributed by atoms with Crippen LogP contribution in [0, 0.1) is 0 Å². The smallest absolute Gasteiger partial charge is 0.0810 e. The fourth-order valence-corrected chi connectivity index (χ4v) is 8.23. The molecular weight excluding hydrogens is 571 g/mol. The van der Waals surface area contributed by atoms with E-state index in [4.69, 9.17) is 0 Å². The maximum Gasteiger partial charge on any atom is 0.0810 e. The number of para-hydroxylation sites is 3. The van der Waals surface area contributed by atoms with Gasteiger partial charge >= 0.3 is 0 Å². The highest BCUT2D eigenvalue weighted by atomic mass is 15.0. The van der Waals surface area contributed by atoms with E-state index in [1.807, 2.05) is 0 Å². The fraction of sp³-hybridized carbons (Fsp3) is 0. The molecule has 0 unspecified atom stereocenters. The van der Waals surface area contributed by atoms with E-state index in [-0.39, 0.29) is 0 Å². The molecule has 0 saturated heterocycles. The number of rotatable bonds is 3. The van der Waals surface area contributed by atoms with Gasteiger partial charge in [0.15, 0.2) is 0 Å². The molecular formula is C44H27N3. The van der Waals surface area contributed by atoms with Crippen molar-refractivity contribution in [1.29, 1.82) is 0 Å². The summed E-state index contributed by atoms with van der Waals surface area (Å²) >= 11 is 0. The molecule has 0 aliphatic heterocycles. The lowest BCUT2D eigenvalue weighted by molar-refractivity contribution is 1.18. The van der Waals surface area contributed by atoms with Crippen LogP contribution in [0.4, 0.5) is 0 Å². The maximum absolute atomic E-state index is 2.48. The first-order valence-corrected chi connectivity index (χ1v) is 16.2. The van der Waals surface area contributed by atoms with Crippen molar-refractivity contribution in [2.75, 3.05) is 0 Å². The van der Waals surface area contributed by atoms with Gasteiger partial charge in [0.05, 0.1) is 38.6 Å². The Kier molecular flexibility index (Phi) is 4.84. The van der Waals surface area contributed by atoms with Gasteiger partial charge in [-0.25, -0.2) is 0 Å². The third-order valence-electron chi connectivity index (χ3n) is 10.2. The topological polar surface area (TPSA) is 14.3 Å². The Hall–Kier alpha value is -6.32. The van der Waals surface area contributed by atoms with Crippen LogP contribution in [0.5, 0.6) is 0 Å². The predicted molar refractivity (Wildman–Crippen MR) is 198 cm³/mol. The van der Waals surface area contributed by atoms with Crippen LogP contribution in [0.25, 0.3) is 93.4 Å². The molecule has 3 heteroatoms. The van der Waals surface area contributed by atoms with Gasteiger partial charge in [-0.05, 0) is 77.9 Å². The third-order valence-corrected chi connectivity index (χ3v) is 10.2. The van der Waals surface area contributed by atoms with Crippen LogP contribution in [0.2, 0.25) is 0 Å². The number of hydrogen-bond donors (Lipinski definition) is 0. The highest BCUT2D eigenvalue weighted by Crippen LogP contribution is 2.45. The standard InChI is InChI=1S/C44H27N3/c1-3-12-30(13-4-1)45-37-19-10-9-17-33(37)35-26-28(22-24-39(35)45)29-23-25-40-36(27-29)42-41-21-11-20-38-32-16-7-8-18-34(32)43(47(38)41)44(42)46(40)31-14-5-2-6-15-31/h1-27H. The molecule has 47 heavy (non-hydrogen) atoms. The molecule has 0 aliphatic carbocycles. The molecule has 0 aliphatic rings. The number of hydrogen-bond acceptors (Lipinski definition) is 0. The van der Waals surface area contributed by atoms with Crippen LogP contribution < -0.4 is 0 Å². The highest BCUT2D eigenvalue weighted by molar-refractivity contribution is 6.29. The van der Waals surface area contributed by atoms with Gasteiger partial charge in [-0.3, -0.25) is 0 Å². The van der Waals surface area contributed by atoms with Crippen molar-refractivity contribution in [3.05, 3.63) is 164 Å². The molecule has 0 spiro atoms. The number of aromatic nitrogens is 3. The lowest BCUT2D eigenvalue weighted by Crippen LogP contribution is -1.94. The van der Waals surface area contributed by atoms with Crippen LogP contribution >= 0.6 is 0 Å². The highest BCUT2D eigenvalue weighted by Gasteiger charge is 2.24. The van der Waals surface area contributed by atoms with Crippen LogP contribution in [0.1, 0.15) is 0 Å². The molecule has 0 atom stereocenters. The summed E-state index contributed by atoms with van der Waals surface area (Å²) in [7, 11) is 0. The van der Waals surface area contributed by atoms with E-state index in [1.54, 1.807) is 0 Å². The Balaban J connectivity index is 1.23. The summed E-state index contributed by atoms with van der Waals surface area (Å²) < 4.78 is 7.33. The van der Waals surface area contributed by atoms with E-state index < -0.39 is 0 Å². The minimum absolute atomic E-state index is 1.17. The predicted octanol–water partition coefficient (Wildman–Crippen LogP) is 11.5. The Morgan fingerprint density at radius 3 is 1.53 bits per heavy atom. The zero-order chi connectivity index (χ0) is 30.6. The van der Waals surface area contributed by atoms with E-state index in [0.29, 0.717) is 0 Å². The summed E-state index contributed by atoms with van der Waals surface area (Å²) in [6, 6.07) is 59.8. The van der Waals surface area contributed by atoms with Gasteiger partial charge in [0.25, 0.3) is 0 Å². The molecule has 0 saturated carbocycles. The lowest BCUT2D eigenvalue weighted by atomic mass is 10.0. The summed E-state index contributed by atoms with van der Waals surface area (Å²) in [4.78, 5) is 0. The largest absolute Gasteiger partial charge is 0.309 e. The second kappa shape index (κ2) is 9.12. The van der Waals surface area contributed by atoms with E-state index >= 15 is 0 Å². The van der Waals surface area contributed by atoms with Gasteiger partial charge in [-0.15, -0.1) is 0 Å². The summed E-state index contributed by atoms with van der Waals surface area (Å²) in [6.07, 6.45) is 0. The molecule has 11 aromatic rings.